The Morgan fingerprint density at radius 3 is 2.76 bits per heavy atom. The van der Waals surface area contributed by atoms with Crippen molar-refractivity contribution in [1.29, 1.82) is 0 Å². The van der Waals surface area contributed by atoms with Crippen LogP contribution in [-0.2, 0) is 6.61 Å². The normalized spacial score (nSPS) is 18.0. The topological polar surface area (TPSA) is 12.5 Å². The van der Waals surface area contributed by atoms with Gasteiger partial charge in [0.2, 0.25) is 0 Å². The molecule has 1 aliphatic rings. The predicted octanol–water partition coefficient (Wildman–Crippen LogP) is 3.96. The van der Waals surface area contributed by atoms with Crippen LogP contribution in [0.4, 0.5) is 0 Å². The lowest BCUT2D eigenvalue weighted by Crippen LogP contribution is -2.12. The van der Waals surface area contributed by atoms with E-state index in [9.17, 15) is 0 Å². The maximum Gasteiger partial charge on any atom is 0.127 e. The minimum atomic E-state index is -2.05. The molecule has 0 spiro atoms. The minimum Gasteiger partial charge on any atom is -0.488 e. The van der Waals surface area contributed by atoms with Gasteiger partial charge in [-0.2, -0.15) is 0 Å². The molecule has 0 unspecified atom stereocenters. The van der Waals surface area contributed by atoms with Crippen molar-refractivity contribution in [3.8, 4) is 5.75 Å². The summed E-state index contributed by atoms with van der Waals surface area (Å²) in [4.78, 5) is 1.40. The molecule has 3 rings (SSSR count). The summed E-state index contributed by atoms with van der Waals surface area (Å²) in [5, 5.41) is 0. The molecule has 2 aromatic carbocycles. The fourth-order valence-electron chi connectivity index (χ4n) is 2.65. The number of ether oxygens (including phenoxy) is 1. The highest BCUT2D eigenvalue weighted by Crippen LogP contribution is 2.36. The van der Waals surface area contributed by atoms with Crippen LogP contribution in [0, 0.1) is 0 Å². The Labute approximate surface area is 130 Å². The van der Waals surface area contributed by atoms with Gasteiger partial charge in [0.05, 0.1) is 0 Å². The first-order chi connectivity index (χ1) is 11.5. The van der Waals surface area contributed by atoms with E-state index in [2.05, 4.69) is 24.3 Å². The first kappa shape index (κ1) is 10.6. The zero-order valence-electron chi connectivity index (χ0n) is 15.2. The molecule has 108 valence electrons. The molecule has 2 heteroatoms. The maximum absolute atomic E-state index is 7.45. The van der Waals surface area contributed by atoms with Gasteiger partial charge in [-0.05, 0) is 43.2 Å². The number of hydrogen-bond acceptors (Lipinski definition) is 2. The van der Waals surface area contributed by atoms with Crippen LogP contribution >= 0.6 is 0 Å². The molecule has 0 aromatic heterocycles. The number of fused-ring (bicyclic) bond motifs is 2. The summed E-state index contributed by atoms with van der Waals surface area (Å²) in [6.45, 7) is -1.04. The molecule has 0 saturated heterocycles. The molecule has 0 atom stereocenters. The highest BCUT2D eigenvalue weighted by atomic mass is 16.5. The molecule has 0 N–H and O–H groups in total. The number of rotatable bonds is 3. The second-order valence-electron chi connectivity index (χ2n) is 5.27. The van der Waals surface area contributed by atoms with Gasteiger partial charge in [0.1, 0.15) is 12.4 Å². The molecular weight excluding hydrogens is 258 g/mol. The lowest BCUT2D eigenvalue weighted by Gasteiger charge is -2.12. The standard InChI is InChI=1S/C19H21NO/c1-20(2)13-7-11-17-16-9-4-3-8-15(16)14-21-19-12-6-5-10-18(17)19/h3-6,8-12H,7,13-14H2,1-2H3/i1D3. The van der Waals surface area contributed by atoms with Gasteiger partial charge >= 0.3 is 0 Å². The number of hydrogen-bond donors (Lipinski definition) is 0. The molecule has 0 bridgehead atoms. The van der Waals surface area contributed by atoms with E-state index in [0.29, 0.717) is 19.6 Å². The first-order valence-corrected chi connectivity index (χ1v) is 7.19. The van der Waals surface area contributed by atoms with Crippen molar-refractivity contribution in [2.45, 2.75) is 13.0 Å². The van der Waals surface area contributed by atoms with Gasteiger partial charge in [-0.3, -0.25) is 0 Å². The fourth-order valence-corrected chi connectivity index (χ4v) is 2.65. The van der Waals surface area contributed by atoms with E-state index < -0.39 is 6.98 Å². The maximum atomic E-state index is 7.45. The smallest absolute Gasteiger partial charge is 0.127 e. The van der Waals surface area contributed by atoms with Gasteiger partial charge in [-0.1, -0.05) is 48.5 Å². The quantitative estimate of drug-likeness (QED) is 0.845. The van der Waals surface area contributed by atoms with Gasteiger partial charge in [0.25, 0.3) is 0 Å². The third-order valence-electron chi connectivity index (χ3n) is 3.68. The molecule has 0 radical (unpaired) electrons. The highest BCUT2D eigenvalue weighted by molar-refractivity contribution is 5.84. The van der Waals surface area contributed by atoms with Crippen LogP contribution < -0.4 is 4.74 Å². The average molecular weight is 282 g/mol. The average Bonchev–Trinajstić information content (AvgIpc) is 2.72. The van der Waals surface area contributed by atoms with Gasteiger partial charge in [0, 0.05) is 16.2 Å². The highest BCUT2D eigenvalue weighted by Gasteiger charge is 2.17. The molecular formula is C19H21NO. The molecule has 0 amide bonds. The molecule has 2 aromatic rings. The van der Waals surface area contributed by atoms with Gasteiger partial charge < -0.3 is 9.64 Å². The Kier molecular flexibility index (Phi) is 3.11. The van der Waals surface area contributed by atoms with Gasteiger partial charge in [-0.15, -0.1) is 0 Å². The van der Waals surface area contributed by atoms with Crippen molar-refractivity contribution in [2.24, 2.45) is 0 Å². The summed E-state index contributed by atoms with van der Waals surface area (Å²) in [5.41, 5.74) is 4.46. The van der Waals surface area contributed by atoms with E-state index in [0.717, 1.165) is 28.0 Å². The molecule has 1 heterocycles. The molecule has 1 aliphatic heterocycles. The van der Waals surface area contributed by atoms with Crippen molar-refractivity contribution in [1.82, 2.24) is 4.90 Å². The molecule has 0 fully saturated rings. The SMILES string of the molecule is [2H]C([2H])([2H])N(C)CCC=C1c2ccccc2COc2ccccc21. The molecule has 0 saturated carbocycles. The van der Waals surface area contributed by atoms with Crippen LogP contribution in [0.25, 0.3) is 5.57 Å². The zero-order valence-corrected chi connectivity index (χ0v) is 12.2. The van der Waals surface area contributed by atoms with Crippen LogP contribution in [-0.4, -0.2) is 25.5 Å². The van der Waals surface area contributed by atoms with Crippen LogP contribution in [0.3, 0.4) is 0 Å². The molecule has 0 aliphatic carbocycles. The Bertz CT molecular complexity index is 703. The van der Waals surface area contributed by atoms with Crippen molar-refractivity contribution in [3.05, 3.63) is 71.3 Å². The lowest BCUT2D eigenvalue weighted by atomic mass is 9.93. The summed E-state index contributed by atoms with van der Waals surface area (Å²) in [6.07, 6.45) is 2.78. The van der Waals surface area contributed by atoms with E-state index in [4.69, 9.17) is 8.85 Å². The summed E-state index contributed by atoms with van der Waals surface area (Å²) >= 11 is 0. The molecule has 21 heavy (non-hydrogen) atoms. The Morgan fingerprint density at radius 1 is 1.14 bits per heavy atom. The van der Waals surface area contributed by atoms with Crippen LogP contribution in [0.5, 0.6) is 5.75 Å². The third kappa shape index (κ3) is 3.01. The largest absolute Gasteiger partial charge is 0.488 e. The van der Waals surface area contributed by atoms with Crippen molar-refractivity contribution in [2.75, 3.05) is 20.6 Å². The second-order valence-corrected chi connectivity index (χ2v) is 5.27. The number of nitrogens with zero attached hydrogens (tertiary/aromatic N) is 1. The summed E-state index contributed by atoms with van der Waals surface area (Å²) in [7, 11) is 1.63. The van der Waals surface area contributed by atoms with E-state index in [-0.39, 0.29) is 0 Å². The van der Waals surface area contributed by atoms with E-state index in [1.54, 1.807) is 7.05 Å². The third-order valence-corrected chi connectivity index (χ3v) is 3.68. The van der Waals surface area contributed by atoms with Gasteiger partial charge in [-0.25, -0.2) is 0 Å². The van der Waals surface area contributed by atoms with Crippen LogP contribution in [0.15, 0.2) is 54.6 Å². The Morgan fingerprint density at radius 2 is 1.90 bits per heavy atom. The Hall–Kier alpha value is -2.06. The molecule has 2 nitrogen and oxygen atoms in total. The van der Waals surface area contributed by atoms with Crippen molar-refractivity contribution >= 4 is 5.57 Å². The monoisotopic (exact) mass is 282 g/mol. The second kappa shape index (κ2) is 6.15. The first-order valence-electron chi connectivity index (χ1n) is 8.69. The van der Waals surface area contributed by atoms with Crippen molar-refractivity contribution in [3.63, 3.8) is 0 Å². The van der Waals surface area contributed by atoms with Gasteiger partial charge in [0.15, 0.2) is 0 Å². The summed E-state index contributed by atoms with van der Waals surface area (Å²) in [5.74, 6) is 0.865. The minimum absolute atomic E-state index is 0.477. The lowest BCUT2D eigenvalue weighted by molar-refractivity contribution is 0.307. The number of benzene rings is 2. The Balaban J connectivity index is 1.95. The zero-order chi connectivity index (χ0) is 17.2. The van der Waals surface area contributed by atoms with Crippen molar-refractivity contribution < 1.29 is 8.85 Å². The predicted molar refractivity (Wildman–Crippen MR) is 87.5 cm³/mol. The van der Waals surface area contributed by atoms with E-state index in [1.807, 2.05) is 30.3 Å². The van der Waals surface area contributed by atoms with Crippen LogP contribution in [0.2, 0.25) is 0 Å². The summed E-state index contributed by atoms with van der Waals surface area (Å²) < 4.78 is 28.3. The number of para-hydroxylation sites is 1. The van der Waals surface area contributed by atoms with E-state index in [1.165, 1.54) is 4.90 Å². The van der Waals surface area contributed by atoms with Crippen LogP contribution in [0.1, 0.15) is 27.2 Å². The van der Waals surface area contributed by atoms with E-state index >= 15 is 0 Å². The fraction of sp³-hybridized carbons (Fsp3) is 0.263. The summed E-state index contributed by atoms with van der Waals surface area (Å²) in [6, 6.07) is 16.2.